The molecule has 0 spiro atoms. The van der Waals surface area contributed by atoms with Gasteiger partial charge < -0.3 is 19.7 Å². The molecule has 1 amide bonds. The summed E-state index contributed by atoms with van der Waals surface area (Å²) in [6.07, 6.45) is 3.94. The number of fused-ring (bicyclic) bond motifs is 1. The summed E-state index contributed by atoms with van der Waals surface area (Å²) in [4.78, 5) is 33.5. The fourth-order valence-corrected chi connectivity index (χ4v) is 4.64. The van der Waals surface area contributed by atoms with Crippen LogP contribution in [0.15, 0.2) is 41.1 Å². The molecule has 35 heavy (non-hydrogen) atoms. The van der Waals surface area contributed by atoms with Gasteiger partial charge in [-0.05, 0) is 62.6 Å². The Morgan fingerprint density at radius 2 is 1.97 bits per heavy atom. The molecule has 1 saturated heterocycles. The van der Waals surface area contributed by atoms with Crippen LogP contribution in [0.5, 0.6) is 0 Å². The minimum Gasteiger partial charge on any atom is -0.340 e. The number of carbonyl (C=O) groups excluding carboxylic acids is 1. The summed E-state index contributed by atoms with van der Waals surface area (Å²) in [5.74, 6) is 3.06. The summed E-state index contributed by atoms with van der Waals surface area (Å²) in [5, 5.41) is 7.15. The standard InChI is InChI=1S/C25H28N8O2/c1-15(32-9-11-33(12-10-32)24(34)17-3-4-17)18-7-8-26-22(14-18)30-25-28-20-6-5-19(13-21(20)29-25)23-27-16(2)31-35-23/h5-8,13-15,17H,3-4,9-12H2,1-2H3,(H2,26,28,29,30)/t15-/m1/s1. The van der Waals surface area contributed by atoms with Gasteiger partial charge in [-0.2, -0.15) is 4.98 Å². The highest BCUT2D eigenvalue weighted by molar-refractivity contribution is 5.82. The van der Waals surface area contributed by atoms with Crippen molar-refractivity contribution in [3.8, 4) is 11.5 Å². The minimum atomic E-state index is 0.229. The zero-order chi connectivity index (χ0) is 23.9. The first-order chi connectivity index (χ1) is 17.0. The third-order valence-electron chi connectivity index (χ3n) is 6.87. The van der Waals surface area contributed by atoms with Crippen molar-refractivity contribution >= 4 is 28.7 Å². The van der Waals surface area contributed by atoms with Gasteiger partial charge in [0, 0.05) is 49.9 Å². The first kappa shape index (κ1) is 21.7. The Balaban J connectivity index is 1.14. The van der Waals surface area contributed by atoms with Crippen LogP contribution in [0.1, 0.15) is 37.2 Å². The average molecular weight is 473 g/mol. The molecule has 1 aliphatic carbocycles. The molecule has 1 aromatic carbocycles. The molecule has 2 fully saturated rings. The summed E-state index contributed by atoms with van der Waals surface area (Å²) in [5.41, 5.74) is 3.70. The molecule has 10 nitrogen and oxygen atoms in total. The third kappa shape index (κ3) is 4.49. The SMILES string of the molecule is Cc1noc(-c2ccc3nc(Nc4cc([C@@H](C)N5CCN(C(=O)C6CC6)CC5)ccn4)[nH]c3c2)n1. The lowest BCUT2D eigenvalue weighted by atomic mass is 10.1. The molecule has 0 unspecified atom stereocenters. The first-order valence-corrected chi connectivity index (χ1v) is 12.1. The molecule has 2 N–H and O–H groups in total. The monoisotopic (exact) mass is 472 g/mol. The van der Waals surface area contributed by atoms with Crippen molar-refractivity contribution in [3.63, 3.8) is 0 Å². The summed E-state index contributed by atoms with van der Waals surface area (Å²) < 4.78 is 5.27. The van der Waals surface area contributed by atoms with Crippen LogP contribution in [-0.4, -0.2) is 67.0 Å². The van der Waals surface area contributed by atoms with E-state index in [-0.39, 0.29) is 6.04 Å². The quantitative estimate of drug-likeness (QED) is 0.437. The molecular formula is C25H28N8O2. The van der Waals surface area contributed by atoms with Crippen molar-refractivity contribution in [2.75, 3.05) is 31.5 Å². The maximum atomic E-state index is 12.4. The number of carbonyl (C=O) groups is 1. The highest BCUT2D eigenvalue weighted by Crippen LogP contribution is 2.32. The lowest BCUT2D eigenvalue weighted by molar-refractivity contribution is -0.134. The average Bonchev–Trinajstić information content (AvgIpc) is 3.52. The summed E-state index contributed by atoms with van der Waals surface area (Å²) in [6, 6.07) is 10.1. The Bertz CT molecular complexity index is 1370. The van der Waals surface area contributed by atoms with Crippen molar-refractivity contribution in [2.45, 2.75) is 32.7 Å². The van der Waals surface area contributed by atoms with Gasteiger partial charge in [-0.25, -0.2) is 9.97 Å². The van der Waals surface area contributed by atoms with Crippen LogP contribution in [0.3, 0.4) is 0 Å². The predicted molar refractivity (Wildman–Crippen MR) is 131 cm³/mol. The van der Waals surface area contributed by atoms with Crippen LogP contribution in [0.4, 0.5) is 11.8 Å². The Hall–Kier alpha value is -3.79. The van der Waals surface area contributed by atoms with Crippen LogP contribution < -0.4 is 5.32 Å². The highest BCUT2D eigenvalue weighted by Gasteiger charge is 2.35. The molecule has 6 rings (SSSR count). The molecule has 4 heterocycles. The number of piperazine rings is 1. The molecular weight excluding hydrogens is 444 g/mol. The van der Waals surface area contributed by atoms with E-state index in [1.165, 1.54) is 5.56 Å². The molecule has 180 valence electrons. The molecule has 3 aromatic heterocycles. The van der Waals surface area contributed by atoms with Gasteiger partial charge in [0.25, 0.3) is 5.89 Å². The zero-order valence-corrected chi connectivity index (χ0v) is 19.9. The molecule has 0 bridgehead atoms. The molecule has 0 radical (unpaired) electrons. The van der Waals surface area contributed by atoms with E-state index < -0.39 is 0 Å². The largest absolute Gasteiger partial charge is 0.340 e. The van der Waals surface area contributed by atoms with Gasteiger partial charge in [0.05, 0.1) is 11.0 Å². The van der Waals surface area contributed by atoms with Crippen molar-refractivity contribution in [3.05, 3.63) is 47.9 Å². The number of hydrogen-bond donors (Lipinski definition) is 2. The maximum Gasteiger partial charge on any atom is 0.257 e. The Kier molecular flexibility index (Phi) is 5.44. The van der Waals surface area contributed by atoms with Gasteiger partial charge in [0.2, 0.25) is 11.9 Å². The van der Waals surface area contributed by atoms with Crippen LogP contribution in [0.2, 0.25) is 0 Å². The van der Waals surface area contributed by atoms with E-state index in [0.717, 1.165) is 61.4 Å². The van der Waals surface area contributed by atoms with E-state index in [0.29, 0.717) is 29.5 Å². The lowest BCUT2D eigenvalue weighted by Crippen LogP contribution is -2.49. The number of nitrogens with zero attached hydrogens (tertiary/aromatic N) is 6. The van der Waals surface area contributed by atoms with Crippen molar-refractivity contribution in [2.24, 2.45) is 5.92 Å². The van der Waals surface area contributed by atoms with Gasteiger partial charge in [0.1, 0.15) is 5.82 Å². The molecule has 2 aliphatic rings. The van der Waals surface area contributed by atoms with Crippen LogP contribution in [0.25, 0.3) is 22.5 Å². The number of amides is 1. The molecule has 1 saturated carbocycles. The summed E-state index contributed by atoms with van der Waals surface area (Å²) in [7, 11) is 0. The number of anilines is 2. The van der Waals surface area contributed by atoms with Gasteiger partial charge in [-0.1, -0.05) is 5.16 Å². The third-order valence-corrected chi connectivity index (χ3v) is 6.87. The Morgan fingerprint density at radius 1 is 1.14 bits per heavy atom. The van der Waals surface area contributed by atoms with Crippen molar-refractivity contribution in [1.29, 1.82) is 0 Å². The topological polar surface area (TPSA) is 116 Å². The second-order valence-corrected chi connectivity index (χ2v) is 9.37. The van der Waals surface area contributed by atoms with Crippen LogP contribution in [0, 0.1) is 12.8 Å². The van der Waals surface area contributed by atoms with E-state index >= 15 is 0 Å². The number of H-pyrrole nitrogens is 1. The van der Waals surface area contributed by atoms with E-state index in [9.17, 15) is 4.79 Å². The summed E-state index contributed by atoms with van der Waals surface area (Å²) in [6.45, 7) is 7.38. The number of imidazole rings is 1. The molecule has 10 heteroatoms. The molecule has 1 aliphatic heterocycles. The smallest absolute Gasteiger partial charge is 0.257 e. The first-order valence-electron chi connectivity index (χ1n) is 12.1. The van der Waals surface area contributed by atoms with E-state index in [1.807, 2.05) is 29.3 Å². The van der Waals surface area contributed by atoms with Gasteiger partial charge in [0.15, 0.2) is 5.82 Å². The second-order valence-electron chi connectivity index (χ2n) is 9.37. The Labute approximate surface area is 202 Å². The Morgan fingerprint density at radius 3 is 2.71 bits per heavy atom. The fourth-order valence-electron chi connectivity index (χ4n) is 4.64. The molecule has 4 aromatic rings. The number of aryl methyl sites for hydroxylation is 1. The van der Waals surface area contributed by atoms with Crippen molar-refractivity contribution in [1.82, 2.24) is 34.9 Å². The number of rotatable bonds is 6. The van der Waals surface area contributed by atoms with Crippen molar-refractivity contribution < 1.29 is 9.32 Å². The predicted octanol–water partition coefficient (Wildman–Crippen LogP) is 3.68. The number of pyridine rings is 1. The lowest BCUT2D eigenvalue weighted by Gasteiger charge is -2.38. The van der Waals surface area contributed by atoms with Crippen LogP contribution in [-0.2, 0) is 4.79 Å². The number of nitrogens with one attached hydrogen (secondary N) is 2. The van der Waals surface area contributed by atoms with E-state index in [1.54, 1.807) is 6.92 Å². The zero-order valence-electron chi connectivity index (χ0n) is 19.9. The van der Waals surface area contributed by atoms with E-state index in [4.69, 9.17) is 4.52 Å². The second kappa shape index (κ2) is 8.77. The maximum absolute atomic E-state index is 12.4. The number of aromatic nitrogens is 5. The number of hydrogen-bond acceptors (Lipinski definition) is 8. The van der Waals surface area contributed by atoms with Gasteiger partial charge >= 0.3 is 0 Å². The number of benzene rings is 1. The normalized spacial score (nSPS) is 17.6. The van der Waals surface area contributed by atoms with Crippen LogP contribution >= 0.6 is 0 Å². The minimum absolute atomic E-state index is 0.229. The number of aromatic amines is 1. The van der Waals surface area contributed by atoms with Gasteiger partial charge in [-0.15, -0.1) is 0 Å². The van der Waals surface area contributed by atoms with E-state index in [2.05, 4.69) is 54.4 Å². The molecule has 1 atom stereocenters. The highest BCUT2D eigenvalue weighted by atomic mass is 16.5. The summed E-state index contributed by atoms with van der Waals surface area (Å²) >= 11 is 0. The van der Waals surface area contributed by atoms with Gasteiger partial charge in [-0.3, -0.25) is 9.69 Å². The fraction of sp³-hybridized carbons (Fsp3) is 0.400.